The van der Waals surface area contributed by atoms with Crippen molar-refractivity contribution in [2.45, 2.75) is 48.7 Å². The average Bonchev–Trinajstić information content (AvgIpc) is 2.47. The molecule has 3 aliphatic rings. The summed E-state index contributed by atoms with van der Waals surface area (Å²) < 4.78 is 57.9. The Hall–Kier alpha value is -1.31. The second kappa shape index (κ2) is 4.84. The molecule has 3 aliphatic carbocycles. The Morgan fingerprint density at radius 2 is 1.59 bits per heavy atom. The highest BCUT2D eigenvalue weighted by Crippen LogP contribution is 2.53. The zero-order chi connectivity index (χ0) is 16.2. The third-order valence-corrected chi connectivity index (χ3v) is 5.85. The Kier molecular flexibility index (Phi) is 3.43. The van der Waals surface area contributed by atoms with E-state index in [1.54, 1.807) is 19.1 Å². The Bertz CT molecular complexity index is 729. The molecule has 1 aromatic carbocycles. The first-order valence-electron chi connectivity index (χ1n) is 7.00. The van der Waals surface area contributed by atoms with E-state index in [2.05, 4.69) is 0 Å². The summed E-state index contributed by atoms with van der Waals surface area (Å²) in [6.07, 6.45) is -0.271. The van der Waals surface area contributed by atoms with Gasteiger partial charge >= 0.3 is 0 Å². The molecule has 1 fully saturated rings. The van der Waals surface area contributed by atoms with E-state index < -0.39 is 33.0 Å². The van der Waals surface area contributed by atoms with E-state index in [9.17, 15) is 22.3 Å². The molecular weight excluding hydrogens is 314 g/mol. The van der Waals surface area contributed by atoms with Crippen LogP contribution in [-0.4, -0.2) is 24.7 Å². The summed E-state index contributed by atoms with van der Waals surface area (Å²) in [5, 5.41) is 9.94. The Morgan fingerprint density at radius 3 is 2.14 bits per heavy atom. The van der Waals surface area contributed by atoms with Crippen LogP contribution in [0.25, 0.3) is 0 Å². The van der Waals surface area contributed by atoms with Gasteiger partial charge in [0.25, 0.3) is 10.1 Å². The van der Waals surface area contributed by atoms with Gasteiger partial charge in [-0.05, 0) is 44.7 Å². The van der Waals surface area contributed by atoms with Crippen LogP contribution >= 0.6 is 0 Å². The van der Waals surface area contributed by atoms with Crippen molar-refractivity contribution in [2.24, 2.45) is 0 Å². The largest absolute Gasteiger partial charge is 0.383 e. The van der Waals surface area contributed by atoms with Crippen LogP contribution in [0.5, 0.6) is 0 Å². The van der Waals surface area contributed by atoms with Crippen molar-refractivity contribution < 1.29 is 26.5 Å². The van der Waals surface area contributed by atoms with Gasteiger partial charge in [-0.25, -0.2) is 8.78 Å². The molecule has 1 saturated carbocycles. The smallest absolute Gasteiger partial charge is 0.297 e. The summed E-state index contributed by atoms with van der Waals surface area (Å²) in [7, 11) is -4.22. The number of aliphatic hydroxyl groups is 1. The van der Waals surface area contributed by atoms with Crippen molar-refractivity contribution in [1.82, 2.24) is 0 Å². The van der Waals surface area contributed by atoms with Crippen LogP contribution < -0.4 is 0 Å². The van der Waals surface area contributed by atoms with Crippen LogP contribution in [0.3, 0.4) is 0 Å². The van der Waals surface area contributed by atoms with Crippen molar-refractivity contribution in [3.8, 4) is 0 Å². The number of fused-ring (bicyclic) bond motifs is 2. The lowest BCUT2D eigenvalue weighted by Crippen LogP contribution is -2.52. The fourth-order valence-corrected chi connectivity index (χ4v) is 4.22. The van der Waals surface area contributed by atoms with E-state index in [1.165, 1.54) is 12.1 Å². The highest BCUT2D eigenvalue weighted by molar-refractivity contribution is 7.86. The number of rotatable bonds is 3. The minimum absolute atomic E-state index is 0.0599. The molecule has 22 heavy (non-hydrogen) atoms. The first-order valence-corrected chi connectivity index (χ1v) is 8.40. The molecule has 4 rings (SSSR count). The quantitative estimate of drug-likeness (QED) is 0.866. The Morgan fingerprint density at radius 1 is 1.05 bits per heavy atom. The van der Waals surface area contributed by atoms with Crippen LogP contribution in [-0.2, 0) is 14.3 Å². The molecule has 120 valence electrons. The zero-order valence-corrected chi connectivity index (χ0v) is 12.8. The number of hydrogen-bond donors (Lipinski definition) is 1. The summed E-state index contributed by atoms with van der Waals surface area (Å²) in [5.74, 6) is -2.60. The van der Waals surface area contributed by atoms with Gasteiger partial charge in [0.1, 0.15) is 11.2 Å². The van der Waals surface area contributed by atoms with Gasteiger partial charge in [-0.15, -0.1) is 0 Å². The molecule has 0 aliphatic heterocycles. The molecule has 7 heteroatoms. The summed E-state index contributed by atoms with van der Waals surface area (Å²) >= 11 is 0. The molecule has 1 aromatic rings. The van der Waals surface area contributed by atoms with Crippen molar-refractivity contribution in [3.63, 3.8) is 0 Å². The highest BCUT2D eigenvalue weighted by atomic mass is 32.2. The van der Waals surface area contributed by atoms with Gasteiger partial charge in [-0.2, -0.15) is 8.42 Å². The summed E-state index contributed by atoms with van der Waals surface area (Å²) in [5.41, 5.74) is -2.78. The third-order valence-electron chi connectivity index (χ3n) is 4.47. The van der Waals surface area contributed by atoms with Crippen molar-refractivity contribution in [3.05, 3.63) is 41.5 Å². The number of aryl methyl sites for hydroxylation is 1. The second-order valence-electron chi connectivity index (χ2n) is 6.00. The molecule has 0 aromatic heterocycles. The maximum Gasteiger partial charge on any atom is 0.297 e. The molecule has 0 atom stereocenters. The zero-order valence-electron chi connectivity index (χ0n) is 12.0. The number of hydrogen-bond acceptors (Lipinski definition) is 4. The topological polar surface area (TPSA) is 63.6 Å². The molecule has 0 saturated heterocycles. The van der Waals surface area contributed by atoms with E-state index in [0.717, 1.165) is 5.56 Å². The Balaban J connectivity index is 1.97. The lowest BCUT2D eigenvalue weighted by molar-refractivity contribution is -0.0790. The maximum absolute atomic E-state index is 14.2. The number of benzene rings is 1. The minimum Gasteiger partial charge on any atom is -0.383 e. The average molecular weight is 330 g/mol. The van der Waals surface area contributed by atoms with E-state index in [0.29, 0.717) is 0 Å². The lowest BCUT2D eigenvalue weighted by Gasteiger charge is -2.46. The second-order valence-corrected chi connectivity index (χ2v) is 7.55. The van der Waals surface area contributed by atoms with Crippen LogP contribution in [0.1, 0.15) is 31.2 Å². The summed E-state index contributed by atoms with van der Waals surface area (Å²) in [6.45, 7) is 1.80. The van der Waals surface area contributed by atoms with Gasteiger partial charge in [-0.3, -0.25) is 4.18 Å². The highest BCUT2D eigenvalue weighted by Gasteiger charge is 2.57. The molecule has 2 bridgehead atoms. The normalized spacial score (nSPS) is 31.6. The predicted octanol–water partition coefficient (Wildman–Crippen LogP) is 2.91. The van der Waals surface area contributed by atoms with Crippen molar-refractivity contribution in [1.29, 1.82) is 0 Å². The van der Waals surface area contributed by atoms with E-state index in [1.807, 2.05) is 0 Å². The van der Waals surface area contributed by atoms with Crippen LogP contribution in [0.2, 0.25) is 0 Å². The van der Waals surface area contributed by atoms with E-state index in [-0.39, 0.29) is 30.6 Å². The first-order chi connectivity index (χ1) is 10.2. The van der Waals surface area contributed by atoms with Crippen LogP contribution in [0.4, 0.5) is 8.78 Å². The molecule has 0 amide bonds. The SMILES string of the molecule is Cc1ccc(S(=O)(=O)OC23CCC(O)(CC2)C(F)=C3F)cc1. The molecular formula is C15H16F2O4S. The van der Waals surface area contributed by atoms with Gasteiger partial charge < -0.3 is 5.11 Å². The third kappa shape index (κ3) is 2.28. The monoisotopic (exact) mass is 330 g/mol. The van der Waals surface area contributed by atoms with Crippen LogP contribution in [0.15, 0.2) is 40.8 Å². The standard InChI is InChI=1S/C15H16F2O4S/c1-10-2-4-11(5-3-10)22(19,20)21-15-8-6-14(18,7-9-15)12(16)13(15)17/h2-5,18H,6-9H2,1H3. The fraction of sp³-hybridized carbons (Fsp3) is 0.467. The minimum atomic E-state index is -4.22. The van der Waals surface area contributed by atoms with Gasteiger partial charge in [0, 0.05) is 0 Å². The molecule has 1 N–H and O–H groups in total. The first kappa shape index (κ1) is 15.6. The molecule has 0 spiro atoms. The molecule has 4 nitrogen and oxygen atoms in total. The number of halogens is 2. The van der Waals surface area contributed by atoms with E-state index in [4.69, 9.17) is 4.18 Å². The van der Waals surface area contributed by atoms with Gasteiger partial charge in [0.15, 0.2) is 11.7 Å². The fourth-order valence-electron chi connectivity index (χ4n) is 2.99. The van der Waals surface area contributed by atoms with Gasteiger partial charge in [-0.1, -0.05) is 17.7 Å². The summed E-state index contributed by atoms with van der Waals surface area (Å²) in [6, 6.07) is 5.92. The summed E-state index contributed by atoms with van der Waals surface area (Å²) in [4.78, 5) is -0.105. The lowest BCUT2D eigenvalue weighted by atomic mass is 9.69. The molecule has 0 radical (unpaired) electrons. The van der Waals surface area contributed by atoms with E-state index >= 15 is 0 Å². The van der Waals surface area contributed by atoms with Gasteiger partial charge in [0.05, 0.1) is 4.90 Å². The van der Waals surface area contributed by atoms with Gasteiger partial charge in [0.2, 0.25) is 0 Å². The van der Waals surface area contributed by atoms with Crippen LogP contribution in [0, 0.1) is 6.92 Å². The van der Waals surface area contributed by atoms with Crippen molar-refractivity contribution in [2.75, 3.05) is 0 Å². The molecule has 0 unspecified atom stereocenters. The maximum atomic E-state index is 14.2. The predicted molar refractivity (Wildman–Crippen MR) is 74.8 cm³/mol. The van der Waals surface area contributed by atoms with Crippen molar-refractivity contribution >= 4 is 10.1 Å². The molecule has 0 heterocycles. The Labute approximate surface area is 127 Å².